The summed E-state index contributed by atoms with van der Waals surface area (Å²) in [5, 5.41) is 2.55. The maximum atomic E-state index is 12.7. The Bertz CT molecular complexity index is 1190. The standard InChI is InChI=1S/C22H18N2O6/c1-29-22(28)13-5-2-3-6-16(13)23-20(26)15-11-14-17(24-21(15)27)9-12(10-18(14)25)19-7-4-8-30-19/h2-8,11-12H,9-10H2,1H3,(H,23,26)(H,24,27)/t12-/m1/s1. The number of ketones is 1. The Balaban J connectivity index is 1.64. The number of pyridine rings is 1. The number of Topliss-reactive ketones (excluding diaryl/α,β-unsaturated/α-hetero) is 1. The van der Waals surface area contributed by atoms with Crippen molar-refractivity contribution in [2.75, 3.05) is 12.4 Å². The number of esters is 1. The fourth-order valence-electron chi connectivity index (χ4n) is 3.59. The van der Waals surface area contributed by atoms with E-state index in [1.807, 2.05) is 0 Å². The minimum atomic E-state index is -0.726. The predicted molar refractivity (Wildman–Crippen MR) is 107 cm³/mol. The Morgan fingerprint density at radius 2 is 1.90 bits per heavy atom. The summed E-state index contributed by atoms with van der Waals surface area (Å²) in [5.74, 6) is -1.02. The van der Waals surface area contributed by atoms with Crippen LogP contribution in [0, 0.1) is 0 Å². The van der Waals surface area contributed by atoms with Crippen molar-refractivity contribution < 1.29 is 23.5 Å². The molecule has 8 nitrogen and oxygen atoms in total. The molecule has 1 aliphatic rings. The molecular formula is C22H18N2O6. The van der Waals surface area contributed by atoms with Crippen molar-refractivity contribution in [2.24, 2.45) is 0 Å². The molecule has 1 aromatic carbocycles. The van der Waals surface area contributed by atoms with Crippen LogP contribution in [0.3, 0.4) is 0 Å². The van der Waals surface area contributed by atoms with E-state index in [-0.39, 0.29) is 34.9 Å². The summed E-state index contributed by atoms with van der Waals surface area (Å²) in [6.45, 7) is 0. The number of methoxy groups -OCH3 is 1. The summed E-state index contributed by atoms with van der Waals surface area (Å²) in [5.41, 5.74) is 0.316. The van der Waals surface area contributed by atoms with Crippen molar-refractivity contribution in [3.05, 3.63) is 87.2 Å². The Hall–Kier alpha value is -3.94. The number of furan rings is 1. The van der Waals surface area contributed by atoms with Crippen LogP contribution in [0.1, 0.15) is 54.9 Å². The highest BCUT2D eigenvalue weighted by Gasteiger charge is 2.30. The normalized spacial score (nSPS) is 15.4. The highest BCUT2D eigenvalue weighted by molar-refractivity contribution is 6.09. The van der Waals surface area contributed by atoms with Crippen molar-refractivity contribution in [1.29, 1.82) is 0 Å². The van der Waals surface area contributed by atoms with E-state index < -0.39 is 17.4 Å². The number of fused-ring (bicyclic) bond motifs is 1. The van der Waals surface area contributed by atoms with Crippen molar-refractivity contribution in [2.45, 2.75) is 18.8 Å². The molecule has 1 amide bonds. The molecule has 0 radical (unpaired) electrons. The van der Waals surface area contributed by atoms with Gasteiger partial charge < -0.3 is 19.5 Å². The van der Waals surface area contributed by atoms with Crippen molar-refractivity contribution in [1.82, 2.24) is 4.98 Å². The number of aromatic amines is 1. The van der Waals surface area contributed by atoms with Crippen LogP contribution in [-0.4, -0.2) is 29.8 Å². The number of amides is 1. The van der Waals surface area contributed by atoms with Crippen LogP contribution in [0.15, 0.2) is 57.9 Å². The van der Waals surface area contributed by atoms with Crippen LogP contribution < -0.4 is 10.9 Å². The number of benzene rings is 1. The lowest BCUT2D eigenvalue weighted by molar-refractivity contribution is 0.0601. The Morgan fingerprint density at radius 3 is 2.63 bits per heavy atom. The van der Waals surface area contributed by atoms with Crippen LogP contribution in [0.2, 0.25) is 0 Å². The number of para-hydroxylation sites is 1. The average molecular weight is 406 g/mol. The predicted octanol–water partition coefficient (Wildman–Crippen LogP) is 2.92. The molecule has 0 saturated carbocycles. The average Bonchev–Trinajstić information content (AvgIpc) is 3.28. The van der Waals surface area contributed by atoms with Gasteiger partial charge in [-0.1, -0.05) is 12.1 Å². The molecule has 152 valence electrons. The van der Waals surface area contributed by atoms with Gasteiger partial charge in [-0.3, -0.25) is 14.4 Å². The van der Waals surface area contributed by atoms with Crippen molar-refractivity contribution in [3.63, 3.8) is 0 Å². The first-order valence-electron chi connectivity index (χ1n) is 9.29. The molecule has 2 aromatic heterocycles. The van der Waals surface area contributed by atoms with Gasteiger partial charge in [0.2, 0.25) is 0 Å². The molecule has 0 unspecified atom stereocenters. The second-order valence-electron chi connectivity index (χ2n) is 6.94. The minimum absolute atomic E-state index is 0.153. The molecule has 1 atom stereocenters. The summed E-state index contributed by atoms with van der Waals surface area (Å²) in [6, 6.07) is 11.1. The first-order valence-corrected chi connectivity index (χ1v) is 9.29. The van der Waals surface area contributed by atoms with Gasteiger partial charge in [-0.25, -0.2) is 4.79 Å². The highest BCUT2D eigenvalue weighted by atomic mass is 16.5. The van der Waals surface area contributed by atoms with Gasteiger partial charge >= 0.3 is 5.97 Å². The van der Waals surface area contributed by atoms with E-state index in [1.165, 1.54) is 31.6 Å². The van der Waals surface area contributed by atoms with E-state index in [4.69, 9.17) is 9.15 Å². The van der Waals surface area contributed by atoms with E-state index in [0.717, 1.165) is 0 Å². The zero-order valence-electron chi connectivity index (χ0n) is 16.1. The number of H-pyrrole nitrogens is 1. The fourth-order valence-corrected chi connectivity index (χ4v) is 3.59. The molecule has 0 bridgehead atoms. The summed E-state index contributed by atoms with van der Waals surface area (Å²) < 4.78 is 10.1. The number of anilines is 1. The maximum absolute atomic E-state index is 12.7. The van der Waals surface area contributed by atoms with Crippen LogP contribution in [0.4, 0.5) is 5.69 Å². The van der Waals surface area contributed by atoms with E-state index in [0.29, 0.717) is 23.4 Å². The molecule has 0 saturated heterocycles. The van der Waals surface area contributed by atoms with Gasteiger partial charge in [0.05, 0.1) is 24.6 Å². The number of ether oxygens (including phenoxy) is 1. The summed E-state index contributed by atoms with van der Waals surface area (Å²) in [7, 11) is 1.23. The van der Waals surface area contributed by atoms with E-state index in [2.05, 4.69) is 10.3 Å². The Labute approximate surface area is 170 Å². The van der Waals surface area contributed by atoms with Crippen LogP contribution >= 0.6 is 0 Å². The zero-order chi connectivity index (χ0) is 21.3. The lowest BCUT2D eigenvalue weighted by Crippen LogP contribution is -2.29. The largest absolute Gasteiger partial charge is 0.469 e. The smallest absolute Gasteiger partial charge is 0.339 e. The molecule has 0 fully saturated rings. The molecule has 2 N–H and O–H groups in total. The minimum Gasteiger partial charge on any atom is -0.469 e. The second kappa shape index (κ2) is 7.82. The topological polar surface area (TPSA) is 118 Å². The number of carbonyl (C=O) groups is 3. The number of nitrogens with one attached hydrogen (secondary N) is 2. The lowest BCUT2D eigenvalue weighted by Gasteiger charge is -2.22. The second-order valence-corrected chi connectivity index (χ2v) is 6.94. The molecule has 30 heavy (non-hydrogen) atoms. The number of hydrogen-bond donors (Lipinski definition) is 2. The summed E-state index contributed by atoms with van der Waals surface area (Å²) >= 11 is 0. The summed E-state index contributed by atoms with van der Waals surface area (Å²) in [4.78, 5) is 52.5. The van der Waals surface area contributed by atoms with Crippen LogP contribution in [0.25, 0.3) is 0 Å². The molecule has 0 aliphatic heterocycles. The quantitative estimate of drug-likeness (QED) is 0.643. The first-order chi connectivity index (χ1) is 14.5. The van der Waals surface area contributed by atoms with Crippen LogP contribution in [0.5, 0.6) is 0 Å². The zero-order valence-corrected chi connectivity index (χ0v) is 16.1. The maximum Gasteiger partial charge on any atom is 0.339 e. The van der Waals surface area contributed by atoms with Crippen molar-refractivity contribution in [3.8, 4) is 0 Å². The summed E-state index contributed by atoms with van der Waals surface area (Å²) in [6.07, 6.45) is 2.19. The van der Waals surface area contributed by atoms with E-state index in [9.17, 15) is 19.2 Å². The molecule has 0 spiro atoms. The van der Waals surface area contributed by atoms with Gasteiger partial charge in [0.1, 0.15) is 11.3 Å². The number of hydrogen-bond acceptors (Lipinski definition) is 6. The van der Waals surface area contributed by atoms with Gasteiger partial charge in [0.15, 0.2) is 5.78 Å². The highest BCUT2D eigenvalue weighted by Crippen LogP contribution is 2.31. The fraction of sp³-hybridized carbons (Fsp3) is 0.182. The monoisotopic (exact) mass is 406 g/mol. The van der Waals surface area contributed by atoms with Gasteiger partial charge in [0, 0.05) is 23.6 Å². The molecular weight excluding hydrogens is 388 g/mol. The van der Waals surface area contributed by atoms with Gasteiger partial charge in [-0.2, -0.15) is 0 Å². The Kier molecular flexibility index (Phi) is 5.05. The van der Waals surface area contributed by atoms with E-state index >= 15 is 0 Å². The molecule has 2 heterocycles. The third-order valence-corrected chi connectivity index (χ3v) is 5.08. The SMILES string of the molecule is COC(=O)c1ccccc1NC(=O)c1cc2c([nH]c1=O)C[C@@H](c1ccco1)CC2=O. The Morgan fingerprint density at radius 1 is 1.10 bits per heavy atom. The molecule has 4 rings (SSSR count). The lowest BCUT2D eigenvalue weighted by atomic mass is 9.84. The molecule has 1 aliphatic carbocycles. The van der Waals surface area contributed by atoms with Crippen molar-refractivity contribution >= 4 is 23.3 Å². The number of carbonyl (C=O) groups excluding carboxylic acids is 3. The van der Waals surface area contributed by atoms with E-state index in [1.54, 1.807) is 24.3 Å². The van der Waals surface area contributed by atoms with Gasteiger partial charge in [-0.15, -0.1) is 0 Å². The molecule has 8 heteroatoms. The first kappa shape index (κ1) is 19.4. The van der Waals surface area contributed by atoms with Crippen LogP contribution in [-0.2, 0) is 11.2 Å². The van der Waals surface area contributed by atoms with Gasteiger partial charge in [-0.05, 0) is 36.8 Å². The van der Waals surface area contributed by atoms with Gasteiger partial charge in [0.25, 0.3) is 11.5 Å². The third-order valence-electron chi connectivity index (χ3n) is 5.08. The number of rotatable bonds is 4. The third kappa shape index (κ3) is 3.55. The number of aromatic nitrogens is 1. The molecule has 3 aromatic rings.